The van der Waals surface area contributed by atoms with Gasteiger partial charge in [-0.15, -0.1) is 0 Å². The van der Waals surface area contributed by atoms with Gasteiger partial charge in [-0.1, -0.05) is 48.2 Å². The van der Waals surface area contributed by atoms with E-state index in [0.717, 1.165) is 46.1 Å². The fraction of sp³-hybridized carbons (Fsp3) is 0.227. The van der Waals surface area contributed by atoms with Gasteiger partial charge in [0.1, 0.15) is 0 Å². The van der Waals surface area contributed by atoms with Gasteiger partial charge in [-0.05, 0) is 48.6 Å². The molecule has 2 atom stereocenters. The maximum Gasteiger partial charge on any atom is 0.271 e. The van der Waals surface area contributed by atoms with Crippen molar-refractivity contribution in [1.29, 1.82) is 0 Å². The molecule has 1 saturated carbocycles. The molecule has 2 aromatic carbocycles. The highest BCUT2D eigenvalue weighted by atomic mass is 32.2. The first kappa shape index (κ1) is 17.3. The van der Waals surface area contributed by atoms with Gasteiger partial charge in [0.05, 0.1) is 11.0 Å². The molecular weight excluding hydrogens is 368 g/mol. The summed E-state index contributed by atoms with van der Waals surface area (Å²) in [5, 5.41) is 5.23. The number of carbonyl (C=O) groups is 1. The third-order valence-electron chi connectivity index (χ3n) is 5.42. The van der Waals surface area contributed by atoms with Crippen molar-refractivity contribution >= 4 is 34.4 Å². The van der Waals surface area contributed by atoms with Crippen molar-refractivity contribution in [1.82, 2.24) is 15.4 Å². The van der Waals surface area contributed by atoms with E-state index in [1.807, 2.05) is 48.5 Å². The number of H-pyrrole nitrogens is 1. The van der Waals surface area contributed by atoms with E-state index in [1.54, 1.807) is 11.8 Å². The SMILES string of the molecule is O=C(N/N=C1\CC2C=CCC12)c1ccc(CSc2nc3ccccc3[nH]2)cc1. The summed E-state index contributed by atoms with van der Waals surface area (Å²) in [5.41, 5.74) is 7.62. The number of rotatable bonds is 5. The van der Waals surface area contributed by atoms with Gasteiger partial charge in [0.2, 0.25) is 0 Å². The Morgan fingerprint density at radius 1 is 1.21 bits per heavy atom. The number of amides is 1. The smallest absolute Gasteiger partial charge is 0.271 e. The molecule has 0 radical (unpaired) electrons. The number of hydrogen-bond acceptors (Lipinski definition) is 4. The van der Waals surface area contributed by atoms with Crippen LogP contribution in [0, 0.1) is 11.8 Å². The molecule has 140 valence electrons. The third-order valence-corrected chi connectivity index (χ3v) is 6.37. The van der Waals surface area contributed by atoms with Gasteiger partial charge < -0.3 is 4.98 Å². The van der Waals surface area contributed by atoms with E-state index < -0.39 is 0 Å². The first-order valence-corrected chi connectivity index (χ1v) is 10.4. The minimum atomic E-state index is -0.154. The molecule has 2 aliphatic carbocycles. The van der Waals surface area contributed by atoms with Crippen molar-refractivity contribution < 1.29 is 4.79 Å². The second kappa shape index (κ2) is 7.28. The quantitative estimate of drug-likeness (QED) is 0.383. The molecule has 0 aliphatic heterocycles. The van der Waals surface area contributed by atoms with Crippen molar-refractivity contribution in [3.63, 3.8) is 0 Å². The molecule has 2 N–H and O–H groups in total. The lowest BCUT2D eigenvalue weighted by atomic mass is 9.74. The zero-order valence-corrected chi connectivity index (χ0v) is 16.1. The number of imidazole rings is 1. The third kappa shape index (κ3) is 3.36. The van der Waals surface area contributed by atoms with Gasteiger partial charge in [-0.25, -0.2) is 10.4 Å². The van der Waals surface area contributed by atoms with Crippen LogP contribution < -0.4 is 5.43 Å². The topological polar surface area (TPSA) is 70.1 Å². The minimum Gasteiger partial charge on any atom is -0.333 e. The number of allylic oxidation sites excluding steroid dienone is 2. The molecule has 28 heavy (non-hydrogen) atoms. The average Bonchev–Trinajstić information content (AvgIpc) is 3.30. The molecule has 1 aromatic heterocycles. The van der Waals surface area contributed by atoms with Crippen LogP contribution in [0.15, 0.2) is 70.9 Å². The highest BCUT2D eigenvalue weighted by Gasteiger charge is 2.38. The average molecular weight is 388 g/mol. The molecule has 2 unspecified atom stereocenters. The zero-order chi connectivity index (χ0) is 18.9. The van der Waals surface area contributed by atoms with Crippen molar-refractivity contribution in [2.24, 2.45) is 16.9 Å². The summed E-state index contributed by atoms with van der Waals surface area (Å²) < 4.78 is 0. The summed E-state index contributed by atoms with van der Waals surface area (Å²) in [5.74, 6) is 1.79. The Balaban J connectivity index is 1.17. The molecular formula is C22H20N4OS. The standard InChI is InChI=1S/C22H20N4OS/c27-21(26-25-20-12-16-4-3-5-17(16)20)15-10-8-14(9-11-15)13-28-22-23-18-6-1-2-7-19(18)24-22/h1-4,6-11,16-17H,5,12-13H2,(H,23,24)(H,26,27)/b25-20+. The molecule has 5 nitrogen and oxygen atoms in total. The van der Waals surface area contributed by atoms with Gasteiger partial charge in [-0.2, -0.15) is 5.10 Å². The van der Waals surface area contributed by atoms with Gasteiger partial charge in [0, 0.05) is 22.9 Å². The predicted octanol–water partition coefficient (Wildman–Crippen LogP) is 4.54. The molecule has 1 fully saturated rings. The van der Waals surface area contributed by atoms with Crippen molar-refractivity contribution in [2.75, 3.05) is 0 Å². The first-order chi connectivity index (χ1) is 13.8. The Labute approximate surface area is 167 Å². The van der Waals surface area contributed by atoms with E-state index in [1.165, 1.54) is 0 Å². The lowest BCUT2D eigenvalue weighted by molar-refractivity contribution is 0.0954. The second-order valence-electron chi connectivity index (χ2n) is 7.23. The Morgan fingerprint density at radius 3 is 2.89 bits per heavy atom. The van der Waals surface area contributed by atoms with E-state index in [2.05, 4.69) is 32.6 Å². The summed E-state index contributed by atoms with van der Waals surface area (Å²) in [6.07, 6.45) is 6.49. The number of fused-ring (bicyclic) bond motifs is 2. The normalized spacial score (nSPS) is 21.6. The highest BCUT2D eigenvalue weighted by molar-refractivity contribution is 7.98. The van der Waals surface area contributed by atoms with E-state index in [0.29, 0.717) is 17.4 Å². The number of para-hydroxylation sites is 2. The summed E-state index contributed by atoms with van der Waals surface area (Å²) in [7, 11) is 0. The van der Waals surface area contributed by atoms with Crippen molar-refractivity contribution in [3.8, 4) is 0 Å². The number of thioether (sulfide) groups is 1. The van der Waals surface area contributed by atoms with E-state index in [4.69, 9.17) is 0 Å². The highest BCUT2D eigenvalue weighted by Crippen LogP contribution is 2.40. The van der Waals surface area contributed by atoms with Crippen molar-refractivity contribution in [3.05, 3.63) is 71.8 Å². The molecule has 0 saturated heterocycles. The van der Waals surface area contributed by atoms with Crippen LogP contribution >= 0.6 is 11.8 Å². The van der Waals surface area contributed by atoms with E-state index in [9.17, 15) is 4.79 Å². The number of hydrazone groups is 1. The van der Waals surface area contributed by atoms with Crippen LogP contribution in [0.2, 0.25) is 0 Å². The van der Waals surface area contributed by atoms with Crippen LogP contribution in [-0.4, -0.2) is 21.6 Å². The summed E-state index contributed by atoms with van der Waals surface area (Å²) in [6, 6.07) is 15.7. The van der Waals surface area contributed by atoms with Gasteiger partial charge in [0.25, 0.3) is 5.91 Å². The number of nitrogens with zero attached hydrogens (tertiary/aromatic N) is 2. The predicted molar refractivity (Wildman–Crippen MR) is 112 cm³/mol. The molecule has 0 spiro atoms. The molecule has 3 aromatic rings. The Hall–Kier alpha value is -2.86. The van der Waals surface area contributed by atoms with E-state index in [-0.39, 0.29) is 5.91 Å². The van der Waals surface area contributed by atoms with Crippen LogP contribution in [0.5, 0.6) is 0 Å². The van der Waals surface area contributed by atoms with Crippen LogP contribution in [0.1, 0.15) is 28.8 Å². The molecule has 1 amide bonds. The monoisotopic (exact) mass is 388 g/mol. The molecule has 2 aliphatic rings. The van der Waals surface area contributed by atoms with Gasteiger partial charge in [-0.3, -0.25) is 4.79 Å². The minimum absolute atomic E-state index is 0.154. The number of nitrogens with one attached hydrogen (secondary N) is 2. The number of aromatic nitrogens is 2. The zero-order valence-electron chi connectivity index (χ0n) is 15.3. The second-order valence-corrected chi connectivity index (χ2v) is 8.19. The Kier molecular flexibility index (Phi) is 4.49. The number of aromatic amines is 1. The van der Waals surface area contributed by atoms with Crippen LogP contribution in [0.3, 0.4) is 0 Å². The van der Waals surface area contributed by atoms with Crippen LogP contribution in [0.4, 0.5) is 0 Å². The van der Waals surface area contributed by atoms with Crippen LogP contribution in [-0.2, 0) is 5.75 Å². The number of benzene rings is 2. The maximum atomic E-state index is 12.3. The fourth-order valence-corrected chi connectivity index (χ4v) is 4.59. The number of carbonyl (C=O) groups excluding carboxylic acids is 1. The maximum absolute atomic E-state index is 12.3. The molecule has 5 rings (SSSR count). The largest absolute Gasteiger partial charge is 0.333 e. The van der Waals surface area contributed by atoms with Gasteiger partial charge in [0.15, 0.2) is 5.16 Å². The lowest BCUT2D eigenvalue weighted by Gasteiger charge is -2.31. The fourth-order valence-electron chi connectivity index (χ4n) is 3.75. The Bertz CT molecular complexity index is 1050. The Morgan fingerprint density at radius 2 is 2.07 bits per heavy atom. The summed E-state index contributed by atoms with van der Waals surface area (Å²) >= 11 is 1.65. The lowest BCUT2D eigenvalue weighted by Crippen LogP contribution is -2.35. The van der Waals surface area contributed by atoms with Gasteiger partial charge >= 0.3 is 0 Å². The summed E-state index contributed by atoms with van der Waals surface area (Å²) in [6.45, 7) is 0. The van der Waals surface area contributed by atoms with Crippen LogP contribution in [0.25, 0.3) is 11.0 Å². The van der Waals surface area contributed by atoms with E-state index >= 15 is 0 Å². The summed E-state index contributed by atoms with van der Waals surface area (Å²) in [4.78, 5) is 20.2. The molecule has 0 bridgehead atoms. The first-order valence-electron chi connectivity index (χ1n) is 9.46. The molecule has 6 heteroatoms. The van der Waals surface area contributed by atoms with Crippen molar-refractivity contribution in [2.45, 2.75) is 23.8 Å². The number of hydrogen-bond donors (Lipinski definition) is 2. The molecule has 1 heterocycles.